The van der Waals surface area contributed by atoms with Gasteiger partial charge in [0.15, 0.2) is 0 Å². The van der Waals surface area contributed by atoms with Gasteiger partial charge in [-0.2, -0.15) is 0 Å². The van der Waals surface area contributed by atoms with E-state index in [1.165, 1.54) is 96.0 Å². The number of hydrogen-bond donors (Lipinski definition) is 0. The molecule has 0 rings (SSSR count). The minimum Gasteiger partial charge on any atom is -0.463 e. The van der Waals surface area contributed by atoms with Crippen molar-refractivity contribution in [2.24, 2.45) is 0 Å². The van der Waals surface area contributed by atoms with Crippen molar-refractivity contribution in [3.63, 3.8) is 0 Å². The Morgan fingerprint density at radius 2 is 1.16 bits per heavy atom. The Hall–Kier alpha value is -1.05. The monoisotopic (exact) mass is 350 g/mol. The van der Waals surface area contributed by atoms with Crippen molar-refractivity contribution in [2.45, 2.75) is 110 Å². The van der Waals surface area contributed by atoms with Crippen LogP contribution in [0.4, 0.5) is 0 Å². The van der Waals surface area contributed by atoms with Crippen LogP contribution in [0.2, 0.25) is 0 Å². The zero-order valence-corrected chi connectivity index (χ0v) is 16.8. The molecule has 0 radical (unpaired) electrons. The number of carbonyl (C=O) groups is 1. The molecule has 0 aliphatic heterocycles. The van der Waals surface area contributed by atoms with Gasteiger partial charge in [0.05, 0.1) is 6.61 Å². The zero-order chi connectivity index (χ0) is 18.4. The summed E-state index contributed by atoms with van der Waals surface area (Å²) in [7, 11) is 0. The van der Waals surface area contributed by atoms with E-state index in [2.05, 4.69) is 25.7 Å². The first-order chi connectivity index (χ1) is 12.3. The van der Waals surface area contributed by atoms with Crippen LogP contribution in [0.3, 0.4) is 0 Å². The van der Waals surface area contributed by atoms with Gasteiger partial charge in [-0.1, -0.05) is 96.3 Å². The second kappa shape index (κ2) is 21.0. The lowest BCUT2D eigenvalue weighted by Crippen LogP contribution is -2.01. The van der Waals surface area contributed by atoms with Gasteiger partial charge in [0, 0.05) is 6.08 Å². The zero-order valence-electron chi connectivity index (χ0n) is 16.8. The van der Waals surface area contributed by atoms with E-state index < -0.39 is 0 Å². The van der Waals surface area contributed by atoms with Gasteiger partial charge in [0.2, 0.25) is 0 Å². The SMILES string of the molecule is C=CC(=O)OCCCCCCCCCCCC/C=C/CCCCCC. The van der Waals surface area contributed by atoms with Crippen molar-refractivity contribution in [2.75, 3.05) is 6.61 Å². The molecule has 0 N–H and O–H groups in total. The highest BCUT2D eigenvalue weighted by molar-refractivity contribution is 5.81. The molecule has 25 heavy (non-hydrogen) atoms. The molecule has 0 aromatic heterocycles. The summed E-state index contributed by atoms with van der Waals surface area (Å²) in [5.41, 5.74) is 0. The molecule has 0 bridgehead atoms. The molecule has 0 aliphatic rings. The Morgan fingerprint density at radius 1 is 0.720 bits per heavy atom. The maximum atomic E-state index is 10.9. The normalized spacial score (nSPS) is 11.1. The van der Waals surface area contributed by atoms with Crippen LogP contribution in [0.15, 0.2) is 24.8 Å². The number of carbonyl (C=O) groups excluding carboxylic acids is 1. The Labute approximate surface area is 157 Å². The Kier molecular flexibility index (Phi) is 20.1. The Bertz CT molecular complexity index is 320. The van der Waals surface area contributed by atoms with E-state index in [4.69, 9.17) is 4.74 Å². The van der Waals surface area contributed by atoms with Crippen LogP contribution in [-0.4, -0.2) is 12.6 Å². The van der Waals surface area contributed by atoms with E-state index in [1.54, 1.807) is 0 Å². The molecule has 2 heteroatoms. The number of ether oxygens (including phenoxy) is 1. The fraction of sp³-hybridized carbons (Fsp3) is 0.783. The first-order valence-electron chi connectivity index (χ1n) is 10.8. The minimum atomic E-state index is -0.303. The molecule has 0 amide bonds. The molecule has 0 saturated heterocycles. The molecule has 0 atom stereocenters. The van der Waals surface area contributed by atoms with Gasteiger partial charge >= 0.3 is 5.97 Å². The van der Waals surface area contributed by atoms with Crippen LogP contribution in [-0.2, 0) is 9.53 Å². The standard InChI is InChI=1S/C23H42O2/c1-3-5-6-7-8-9-10-11-12-13-14-15-16-17-18-19-20-21-22-25-23(24)4-2/h4,9-10H,2-3,5-8,11-22H2,1H3/b10-9+. The highest BCUT2D eigenvalue weighted by Gasteiger charge is 1.96. The molecule has 0 spiro atoms. The summed E-state index contributed by atoms with van der Waals surface area (Å²) in [4.78, 5) is 10.9. The minimum absolute atomic E-state index is 0.303. The molecule has 0 fully saturated rings. The lowest BCUT2D eigenvalue weighted by Gasteiger charge is -2.03. The van der Waals surface area contributed by atoms with E-state index in [9.17, 15) is 4.79 Å². The van der Waals surface area contributed by atoms with Crippen LogP contribution in [0, 0.1) is 0 Å². The molecule has 0 saturated carbocycles. The van der Waals surface area contributed by atoms with Crippen molar-refractivity contribution < 1.29 is 9.53 Å². The fourth-order valence-electron chi connectivity index (χ4n) is 2.93. The van der Waals surface area contributed by atoms with Gasteiger partial charge in [-0.25, -0.2) is 4.79 Å². The largest absolute Gasteiger partial charge is 0.463 e. The molecule has 0 heterocycles. The van der Waals surface area contributed by atoms with Crippen molar-refractivity contribution in [1.29, 1.82) is 0 Å². The second-order valence-corrected chi connectivity index (χ2v) is 7.02. The third-order valence-corrected chi connectivity index (χ3v) is 4.57. The Balaban J connectivity index is 3.08. The van der Waals surface area contributed by atoms with E-state index in [0.29, 0.717) is 6.61 Å². The van der Waals surface area contributed by atoms with E-state index in [1.807, 2.05) is 0 Å². The number of unbranched alkanes of at least 4 members (excludes halogenated alkanes) is 14. The van der Waals surface area contributed by atoms with E-state index in [0.717, 1.165) is 12.8 Å². The maximum absolute atomic E-state index is 10.9. The average Bonchev–Trinajstić information content (AvgIpc) is 2.63. The Morgan fingerprint density at radius 3 is 1.64 bits per heavy atom. The molecular formula is C23H42O2. The predicted octanol–water partition coefficient (Wildman–Crippen LogP) is 7.53. The summed E-state index contributed by atoms with van der Waals surface area (Å²) < 4.78 is 4.96. The van der Waals surface area contributed by atoms with E-state index >= 15 is 0 Å². The highest BCUT2D eigenvalue weighted by atomic mass is 16.5. The summed E-state index contributed by atoms with van der Waals surface area (Å²) in [5.74, 6) is -0.303. The molecule has 0 aliphatic carbocycles. The average molecular weight is 351 g/mol. The number of rotatable bonds is 19. The third-order valence-electron chi connectivity index (χ3n) is 4.57. The quantitative estimate of drug-likeness (QED) is 0.104. The van der Waals surface area contributed by atoms with Crippen molar-refractivity contribution in [3.05, 3.63) is 24.8 Å². The van der Waals surface area contributed by atoms with Gasteiger partial charge in [0.25, 0.3) is 0 Å². The second-order valence-electron chi connectivity index (χ2n) is 7.02. The van der Waals surface area contributed by atoms with Crippen LogP contribution >= 0.6 is 0 Å². The van der Waals surface area contributed by atoms with Crippen LogP contribution in [0.25, 0.3) is 0 Å². The van der Waals surface area contributed by atoms with Crippen molar-refractivity contribution in [1.82, 2.24) is 0 Å². The van der Waals surface area contributed by atoms with Crippen molar-refractivity contribution in [3.8, 4) is 0 Å². The van der Waals surface area contributed by atoms with Gasteiger partial charge < -0.3 is 4.74 Å². The summed E-state index contributed by atoms with van der Waals surface area (Å²) in [6.45, 7) is 6.19. The number of allylic oxidation sites excluding steroid dienone is 2. The fourth-order valence-corrected chi connectivity index (χ4v) is 2.93. The van der Waals surface area contributed by atoms with Gasteiger partial charge in [-0.15, -0.1) is 0 Å². The van der Waals surface area contributed by atoms with Gasteiger partial charge in [-0.3, -0.25) is 0 Å². The van der Waals surface area contributed by atoms with E-state index in [-0.39, 0.29) is 5.97 Å². The summed E-state index contributed by atoms with van der Waals surface area (Å²) >= 11 is 0. The third kappa shape index (κ3) is 20.9. The van der Waals surface area contributed by atoms with Crippen LogP contribution < -0.4 is 0 Å². The molecule has 146 valence electrons. The van der Waals surface area contributed by atoms with Gasteiger partial charge in [0.1, 0.15) is 0 Å². The predicted molar refractivity (Wildman–Crippen MR) is 110 cm³/mol. The maximum Gasteiger partial charge on any atom is 0.330 e. The molecular weight excluding hydrogens is 308 g/mol. The lowest BCUT2D eigenvalue weighted by molar-refractivity contribution is -0.137. The molecule has 2 nitrogen and oxygen atoms in total. The first kappa shape index (κ1) is 23.9. The smallest absolute Gasteiger partial charge is 0.330 e. The topological polar surface area (TPSA) is 26.3 Å². The van der Waals surface area contributed by atoms with Crippen LogP contribution in [0.1, 0.15) is 110 Å². The lowest BCUT2D eigenvalue weighted by atomic mass is 10.1. The highest BCUT2D eigenvalue weighted by Crippen LogP contribution is 2.12. The summed E-state index contributed by atoms with van der Waals surface area (Å²) in [6, 6.07) is 0. The number of hydrogen-bond acceptors (Lipinski definition) is 2. The molecule has 0 aromatic rings. The first-order valence-corrected chi connectivity index (χ1v) is 10.8. The molecule has 0 aromatic carbocycles. The summed E-state index contributed by atoms with van der Waals surface area (Å²) in [6.07, 6.45) is 27.0. The number of esters is 1. The summed E-state index contributed by atoms with van der Waals surface area (Å²) in [5, 5.41) is 0. The van der Waals surface area contributed by atoms with Gasteiger partial charge in [-0.05, 0) is 32.1 Å². The van der Waals surface area contributed by atoms with Crippen molar-refractivity contribution >= 4 is 5.97 Å². The van der Waals surface area contributed by atoms with Crippen LogP contribution in [0.5, 0.6) is 0 Å². The molecule has 0 unspecified atom stereocenters.